The largest absolute Gasteiger partial charge is 0.391 e. The van der Waals surface area contributed by atoms with Crippen LogP contribution in [0.25, 0.3) is 0 Å². The average molecular weight is 290 g/mol. The van der Waals surface area contributed by atoms with E-state index in [1.54, 1.807) is 11.4 Å². The van der Waals surface area contributed by atoms with Crippen LogP contribution in [0, 0.1) is 0 Å². The fraction of sp³-hybridized carbons (Fsp3) is 0.636. The first-order chi connectivity index (χ1) is 8.57. The number of piperazine rings is 1. The summed E-state index contributed by atoms with van der Waals surface area (Å²) in [6.07, 6.45) is 0. The quantitative estimate of drug-likeness (QED) is 0.880. The van der Waals surface area contributed by atoms with Crippen LogP contribution in [-0.4, -0.2) is 55.5 Å². The van der Waals surface area contributed by atoms with Crippen molar-refractivity contribution < 1.29 is 13.5 Å². The van der Waals surface area contributed by atoms with Crippen molar-refractivity contribution >= 4 is 21.4 Å². The van der Waals surface area contributed by atoms with Crippen LogP contribution >= 0.6 is 11.3 Å². The lowest BCUT2D eigenvalue weighted by atomic mass is 10.4. The number of thiophene rings is 1. The van der Waals surface area contributed by atoms with E-state index in [2.05, 4.69) is 11.8 Å². The molecular formula is C11H18N2O3S2. The molecule has 2 rings (SSSR count). The molecule has 0 bridgehead atoms. The van der Waals surface area contributed by atoms with Gasteiger partial charge in [0.05, 0.1) is 11.5 Å². The normalized spacial score (nSPS) is 19.2. The standard InChI is InChI=1S/C11H18N2O3S2/c1-2-12-3-5-13(6-4-12)18(15,16)11-7-10(8-14)17-9-11/h7,9,14H,2-6,8H2,1H3. The molecule has 1 aliphatic heterocycles. The molecular weight excluding hydrogens is 272 g/mol. The van der Waals surface area contributed by atoms with Gasteiger partial charge in [-0.2, -0.15) is 4.31 Å². The van der Waals surface area contributed by atoms with Gasteiger partial charge in [-0.25, -0.2) is 8.42 Å². The number of aliphatic hydroxyl groups excluding tert-OH is 1. The molecule has 1 N–H and O–H groups in total. The lowest BCUT2D eigenvalue weighted by Gasteiger charge is -2.32. The molecule has 5 nitrogen and oxygen atoms in total. The minimum atomic E-state index is -3.38. The molecule has 0 amide bonds. The molecule has 7 heteroatoms. The SMILES string of the molecule is CCN1CCN(S(=O)(=O)c2csc(CO)c2)CC1. The predicted molar refractivity (Wildman–Crippen MR) is 71.1 cm³/mol. The van der Waals surface area contributed by atoms with Gasteiger partial charge in [-0.1, -0.05) is 6.92 Å². The number of hydrogen-bond donors (Lipinski definition) is 1. The Morgan fingerprint density at radius 1 is 1.33 bits per heavy atom. The second-order valence-corrected chi connectivity index (χ2v) is 7.18. The highest BCUT2D eigenvalue weighted by atomic mass is 32.2. The maximum absolute atomic E-state index is 12.3. The third-order valence-electron chi connectivity index (χ3n) is 3.20. The molecule has 1 aliphatic rings. The lowest BCUT2D eigenvalue weighted by molar-refractivity contribution is 0.196. The van der Waals surface area contributed by atoms with E-state index < -0.39 is 10.0 Å². The first-order valence-corrected chi connectivity index (χ1v) is 8.30. The molecule has 0 radical (unpaired) electrons. The third kappa shape index (κ3) is 2.75. The van der Waals surface area contributed by atoms with Gasteiger partial charge in [0, 0.05) is 36.4 Å². The first kappa shape index (κ1) is 14.0. The molecule has 18 heavy (non-hydrogen) atoms. The molecule has 1 aromatic rings. The monoisotopic (exact) mass is 290 g/mol. The summed E-state index contributed by atoms with van der Waals surface area (Å²) in [5, 5.41) is 10.6. The van der Waals surface area contributed by atoms with Crippen molar-refractivity contribution in [2.24, 2.45) is 0 Å². The Balaban J connectivity index is 2.12. The summed E-state index contributed by atoms with van der Waals surface area (Å²) in [5.41, 5.74) is 0. The van der Waals surface area contributed by atoms with Crippen molar-refractivity contribution in [3.8, 4) is 0 Å². The Bertz CT molecular complexity index is 490. The molecule has 0 saturated carbocycles. The van der Waals surface area contributed by atoms with Gasteiger partial charge >= 0.3 is 0 Å². The second kappa shape index (κ2) is 5.66. The molecule has 2 heterocycles. The van der Waals surface area contributed by atoms with Gasteiger partial charge < -0.3 is 10.0 Å². The Labute approximate surface area is 112 Å². The molecule has 0 aliphatic carbocycles. The predicted octanol–water partition coefficient (Wildman–Crippen LogP) is 0.567. The van der Waals surface area contributed by atoms with Crippen LogP contribution in [0.4, 0.5) is 0 Å². The zero-order valence-electron chi connectivity index (χ0n) is 10.4. The van der Waals surface area contributed by atoms with Gasteiger partial charge in [0.25, 0.3) is 0 Å². The van der Waals surface area contributed by atoms with Gasteiger partial charge in [-0.3, -0.25) is 0 Å². The summed E-state index contributed by atoms with van der Waals surface area (Å²) in [6.45, 7) is 5.59. The number of sulfonamides is 1. The van der Waals surface area contributed by atoms with Crippen molar-refractivity contribution in [3.63, 3.8) is 0 Å². The molecule has 0 atom stereocenters. The van der Waals surface area contributed by atoms with Crippen molar-refractivity contribution in [1.82, 2.24) is 9.21 Å². The first-order valence-electron chi connectivity index (χ1n) is 5.98. The number of nitrogens with zero attached hydrogens (tertiary/aromatic N) is 2. The Morgan fingerprint density at radius 3 is 2.50 bits per heavy atom. The molecule has 0 spiro atoms. The number of rotatable bonds is 4. The number of likely N-dealkylation sites (N-methyl/N-ethyl adjacent to an activating group) is 1. The van der Waals surface area contributed by atoms with Gasteiger partial charge in [-0.05, 0) is 12.6 Å². The molecule has 1 saturated heterocycles. The maximum Gasteiger partial charge on any atom is 0.243 e. The smallest absolute Gasteiger partial charge is 0.243 e. The topological polar surface area (TPSA) is 60.9 Å². The van der Waals surface area contributed by atoms with Crippen LogP contribution in [0.1, 0.15) is 11.8 Å². The highest BCUT2D eigenvalue weighted by Crippen LogP contribution is 2.23. The summed E-state index contributed by atoms with van der Waals surface area (Å²) in [5.74, 6) is 0. The molecule has 102 valence electrons. The Morgan fingerprint density at radius 2 is 2.00 bits per heavy atom. The van der Waals surface area contributed by atoms with Crippen LogP contribution in [-0.2, 0) is 16.6 Å². The van der Waals surface area contributed by atoms with E-state index in [1.165, 1.54) is 15.6 Å². The zero-order valence-corrected chi connectivity index (χ0v) is 12.0. The lowest BCUT2D eigenvalue weighted by Crippen LogP contribution is -2.48. The van der Waals surface area contributed by atoms with Crippen LogP contribution in [0.3, 0.4) is 0 Å². The van der Waals surface area contributed by atoms with Gasteiger partial charge in [0.15, 0.2) is 0 Å². The number of hydrogen-bond acceptors (Lipinski definition) is 5. The molecule has 0 aromatic carbocycles. The number of aliphatic hydroxyl groups is 1. The third-order valence-corrected chi connectivity index (χ3v) is 6.15. The van der Waals surface area contributed by atoms with E-state index in [9.17, 15) is 8.42 Å². The van der Waals surface area contributed by atoms with E-state index in [0.717, 1.165) is 19.6 Å². The van der Waals surface area contributed by atoms with E-state index >= 15 is 0 Å². The van der Waals surface area contributed by atoms with E-state index in [4.69, 9.17) is 5.11 Å². The minimum Gasteiger partial charge on any atom is -0.391 e. The summed E-state index contributed by atoms with van der Waals surface area (Å²) in [7, 11) is -3.38. The van der Waals surface area contributed by atoms with Crippen LogP contribution < -0.4 is 0 Å². The summed E-state index contributed by atoms with van der Waals surface area (Å²) in [4.78, 5) is 3.22. The van der Waals surface area contributed by atoms with Crippen molar-refractivity contribution in [2.75, 3.05) is 32.7 Å². The van der Waals surface area contributed by atoms with Crippen molar-refractivity contribution in [3.05, 3.63) is 16.3 Å². The van der Waals surface area contributed by atoms with Crippen molar-refractivity contribution in [1.29, 1.82) is 0 Å². The fourth-order valence-electron chi connectivity index (χ4n) is 2.01. The average Bonchev–Trinajstić information content (AvgIpc) is 2.88. The van der Waals surface area contributed by atoms with Crippen LogP contribution in [0.15, 0.2) is 16.3 Å². The van der Waals surface area contributed by atoms with Crippen LogP contribution in [0.5, 0.6) is 0 Å². The molecule has 1 aromatic heterocycles. The summed E-state index contributed by atoms with van der Waals surface area (Å²) in [6, 6.07) is 1.56. The highest BCUT2D eigenvalue weighted by Gasteiger charge is 2.28. The van der Waals surface area contributed by atoms with Gasteiger partial charge in [0.1, 0.15) is 0 Å². The van der Waals surface area contributed by atoms with Crippen molar-refractivity contribution in [2.45, 2.75) is 18.4 Å². The maximum atomic E-state index is 12.3. The summed E-state index contributed by atoms with van der Waals surface area (Å²) >= 11 is 1.28. The van der Waals surface area contributed by atoms with Gasteiger partial charge in [-0.15, -0.1) is 11.3 Å². The minimum absolute atomic E-state index is 0.107. The zero-order chi connectivity index (χ0) is 13.2. The van der Waals surface area contributed by atoms with Crippen LogP contribution in [0.2, 0.25) is 0 Å². The summed E-state index contributed by atoms with van der Waals surface area (Å²) < 4.78 is 26.2. The fourth-order valence-corrected chi connectivity index (χ4v) is 4.56. The molecule has 1 fully saturated rings. The van der Waals surface area contributed by atoms with E-state index in [1.807, 2.05) is 0 Å². The molecule has 0 unspecified atom stereocenters. The second-order valence-electron chi connectivity index (χ2n) is 4.25. The Kier molecular flexibility index (Phi) is 4.39. The van der Waals surface area contributed by atoms with E-state index in [0.29, 0.717) is 22.9 Å². The van der Waals surface area contributed by atoms with Gasteiger partial charge in [0.2, 0.25) is 10.0 Å². The highest BCUT2D eigenvalue weighted by molar-refractivity contribution is 7.89. The Hall–Kier alpha value is -0.470. The van der Waals surface area contributed by atoms with E-state index in [-0.39, 0.29) is 6.61 Å².